The van der Waals surface area contributed by atoms with Crippen LogP contribution < -0.4 is 0 Å². The Hall–Kier alpha value is -1.51. The number of rotatable bonds is 3. The number of aryl methyl sites for hydroxylation is 1. The maximum Gasteiger partial charge on any atom is 0.410 e. The van der Waals surface area contributed by atoms with E-state index in [-0.39, 0.29) is 24.3 Å². The van der Waals surface area contributed by atoms with E-state index in [4.69, 9.17) is 4.74 Å². The number of carbonyl (C=O) groups is 1. The largest absolute Gasteiger partial charge is 0.441 e. The van der Waals surface area contributed by atoms with E-state index in [1.165, 1.54) is 11.1 Å². The van der Waals surface area contributed by atoms with Gasteiger partial charge in [-0.3, -0.25) is 0 Å². The minimum atomic E-state index is -0.197. The van der Waals surface area contributed by atoms with Gasteiger partial charge in [0.1, 0.15) is 6.10 Å². The van der Waals surface area contributed by atoms with Gasteiger partial charge in [-0.25, -0.2) is 4.79 Å². The number of hydrogen-bond acceptors (Lipinski definition) is 2. The van der Waals surface area contributed by atoms with Crippen molar-refractivity contribution in [2.24, 2.45) is 0 Å². The summed E-state index contributed by atoms with van der Waals surface area (Å²) in [5, 5.41) is 0. The predicted molar refractivity (Wildman–Crippen MR) is 80.7 cm³/mol. The van der Waals surface area contributed by atoms with Crippen molar-refractivity contribution < 1.29 is 9.53 Å². The zero-order valence-electron chi connectivity index (χ0n) is 12.9. The topological polar surface area (TPSA) is 29.5 Å². The number of nitrogens with zero attached hydrogens (tertiary/aromatic N) is 1. The van der Waals surface area contributed by atoms with Gasteiger partial charge in [0.15, 0.2) is 0 Å². The van der Waals surface area contributed by atoms with Crippen LogP contribution in [0.3, 0.4) is 0 Å². The molecule has 2 rings (SSSR count). The maximum absolute atomic E-state index is 12.4. The van der Waals surface area contributed by atoms with Gasteiger partial charge in [0, 0.05) is 12.1 Å². The molecular weight excluding hydrogens is 250 g/mol. The van der Waals surface area contributed by atoms with Gasteiger partial charge >= 0.3 is 6.09 Å². The van der Waals surface area contributed by atoms with E-state index in [1.807, 2.05) is 33.8 Å². The Morgan fingerprint density at radius 2 is 1.85 bits per heavy atom. The third-order valence-electron chi connectivity index (χ3n) is 3.88. The van der Waals surface area contributed by atoms with E-state index in [2.05, 4.69) is 18.2 Å². The summed E-state index contributed by atoms with van der Waals surface area (Å²) in [7, 11) is 0. The second-order valence-corrected chi connectivity index (χ2v) is 6.06. The van der Waals surface area contributed by atoms with Crippen LogP contribution in [0.4, 0.5) is 4.79 Å². The standard InChI is InChI=1S/C17H25NO2/c1-12(2)18(13(3)4)17(19)20-16-11-7-9-14-8-5-6-10-15(14)16/h5-6,8,10,12-13,16H,7,9,11H2,1-4H3/t16-/m0/s1. The number of carbonyl (C=O) groups excluding carboxylic acids is 1. The SMILES string of the molecule is CC(C)N(C(=O)O[C@H]1CCCc2ccccc21)C(C)C. The lowest BCUT2D eigenvalue weighted by atomic mass is 9.89. The lowest BCUT2D eigenvalue weighted by Gasteiger charge is -2.33. The van der Waals surface area contributed by atoms with Crippen molar-refractivity contribution >= 4 is 6.09 Å². The summed E-state index contributed by atoms with van der Waals surface area (Å²) in [6, 6.07) is 8.60. The van der Waals surface area contributed by atoms with Gasteiger partial charge in [0.25, 0.3) is 0 Å². The maximum atomic E-state index is 12.4. The van der Waals surface area contributed by atoms with Gasteiger partial charge in [-0.2, -0.15) is 0 Å². The van der Waals surface area contributed by atoms with Crippen molar-refractivity contribution in [3.8, 4) is 0 Å². The monoisotopic (exact) mass is 275 g/mol. The number of fused-ring (bicyclic) bond motifs is 1. The summed E-state index contributed by atoms with van der Waals surface area (Å²) >= 11 is 0. The van der Waals surface area contributed by atoms with Crippen molar-refractivity contribution in [2.45, 2.75) is 65.1 Å². The van der Waals surface area contributed by atoms with E-state index in [9.17, 15) is 4.79 Å². The van der Waals surface area contributed by atoms with Gasteiger partial charge in [-0.15, -0.1) is 0 Å². The molecule has 0 saturated heterocycles. The molecule has 3 nitrogen and oxygen atoms in total. The first-order valence-electron chi connectivity index (χ1n) is 7.57. The zero-order valence-corrected chi connectivity index (χ0v) is 12.9. The van der Waals surface area contributed by atoms with Crippen LogP contribution >= 0.6 is 0 Å². The van der Waals surface area contributed by atoms with Crippen molar-refractivity contribution in [2.75, 3.05) is 0 Å². The summed E-state index contributed by atoms with van der Waals surface area (Å²) in [5.41, 5.74) is 2.50. The van der Waals surface area contributed by atoms with Crippen molar-refractivity contribution in [3.05, 3.63) is 35.4 Å². The van der Waals surface area contributed by atoms with Crippen LogP contribution in [0.25, 0.3) is 0 Å². The van der Waals surface area contributed by atoms with Crippen LogP contribution in [0.2, 0.25) is 0 Å². The minimum absolute atomic E-state index is 0.0903. The average Bonchev–Trinajstić information content (AvgIpc) is 2.38. The normalized spacial score (nSPS) is 18.0. The predicted octanol–water partition coefficient (Wildman–Crippen LogP) is 4.32. The van der Waals surface area contributed by atoms with E-state index in [0.717, 1.165) is 19.3 Å². The third kappa shape index (κ3) is 3.14. The molecule has 0 radical (unpaired) electrons. The molecule has 0 N–H and O–H groups in total. The summed E-state index contributed by atoms with van der Waals surface area (Å²) in [6.45, 7) is 8.10. The number of ether oxygens (including phenoxy) is 1. The molecule has 0 spiro atoms. The van der Waals surface area contributed by atoms with Crippen LogP contribution in [-0.2, 0) is 11.2 Å². The molecule has 1 atom stereocenters. The molecule has 110 valence electrons. The fraction of sp³-hybridized carbons (Fsp3) is 0.588. The fourth-order valence-electron chi connectivity index (χ4n) is 3.03. The van der Waals surface area contributed by atoms with Gasteiger partial charge < -0.3 is 9.64 Å². The second-order valence-electron chi connectivity index (χ2n) is 6.06. The molecule has 3 heteroatoms. The zero-order chi connectivity index (χ0) is 14.7. The Morgan fingerprint density at radius 3 is 2.50 bits per heavy atom. The van der Waals surface area contributed by atoms with Gasteiger partial charge in [0.05, 0.1) is 0 Å². The number of amides is 1. The van der Waals surface area contributed by atoms with Gasteiger partial charge in [-0.05, 0) is 58.1 Å². The van der Waals surface area contributed by atoms with Crippen LogP contribution in [-0.4, -0.2) is 23.1 Å². The number of benzene rings is 1. The molecule has 1 aliphatic rings. The van der Waals surface area contributed by atoms with E-state index >= 15 is 0 Å². The smallest absolute Gasteiger partial charge is 0.410 e. The summed E-state index contributed by atoms with van der Waals surface area (Å²) < 4.78 is 5.79. The first-order chi connectivity index (χ1) is 9.50. The molecule has 1 aromatic rings. The van der Waals surface area contributed by atoms with Crippen LogP contribution in [0.5, 0.6) is 0 Å². The summed E-state index contributed by atoms with van der Waals surface area (Å²) in [6.07, 6.45) is 2.80. The first-order valence-corrected chi connectivity index (χ1v) is 7.57. The molecule has 20 heavy (non-hydrogen) atoms. The summed E-state index contributed by atoms with van der Waals surface area (Å²) in [4.78, 5) is 14.2. The van der Waals surface area contributed by atoms with Crippen LogP contribution in [0.15, 0.2) is 24.3 Å². The van der Waals surface area contributed by atoms with Crippen LogP contribution in [0, 0.1) is 0 Å². The lowest BCUT2D eigenvalue weighted by molar-refractivity contribution is 0.0383. The molecule has 1 amide bonds. The lowest BCUT2D eigenvalue weighted by Crippen LogP contribution is -2.43. The highest BCUT2D eigenvalue weighted by molar-refractivity contribution is 5.68. The third-order valence-corrected chi connectivity index (χ3v) is 3.88. The highest BCUT2D eigenvalue weighted by atomic mass is 16.6. The quantitative estimate of drug-likeness (QED) is 0.822. The molecule has 0 aliphatic heterocycles. The highest BCUT2D eigenvalue weighted by Crippen LogP contribution is 2.33. The van der Waals surface area contributed by atoms with Crippen molar-refractivity contribution in [3.63, 3.8) is 0 Å². The Balaban J connectivity index is 2.13. The highest BCUT2D eigenvalue weighted by Gasteiger charge is 2.28. The van der Waals surface area contributed by atoms with E-state index < -0.39 is 0 Å². The minimum Gasteiger partial charge on any atom is -0.441 e. The van der Waals surface area contributed by atoms with E-state index in [0.29, 0.717) is 0 Å². The van der Waals surface area contributed by atoms with Gasteiger partial charge in [-0.1, -0.05) is 24.3 Å². The van der Waals surface area contributed by atoms with Gasteiger partial charge in [0.2, 0.25) is 0 Å². The van der Waals surface area contributed by atoms with Crippen molar-refractivity contribution in [1.29, 1.82) is 0 Å². The Bertz CT molecular complexity index is 460. The Morgan fingerprint density at radius 1 is 1.20 bits per heavy atom. The summed E-state index contributed by atoms with van der Waals surface area (Å²) in [5.74, 6) is 0. The molecule has 0 bridgehead atoms. The van der Waals surface area contributed by atoms with Crippen molar-refractivity contribution in [1.82, 2.24) is 4.90 Å². The Kier molecular flexibility index (Phi) is 4.69. The second kappa shape index (κ2) is 6.29. The molecule has 0 fully saturated rings. The van der Waals surface area contributed by atoms with Crippen LogP contribution in [0.1, 0.15) is 57.8 Å². The molecule has 0 unspecified atom stereocenters. The molecule has 1 aliphatic carbocycles. The molecule has 0 saturated carbocycles. The molecule has 1 aromatic carbocycles. The number of hydrogen-bond donors (Lipinski definition) is 0. The fourth-order valence-corrected chi connectivity index (χ4v) is 3.03. The first kappa shape index (κ1) is 14.9. The Labute approximate surface area is 121 Å². The van der Waals surface area contributed by atoms with E-state index in [1.54, 1.807) is 4.90 Å². The molecule has 0 aromatic heterocycles. The average molecular weight is 275 g/mol. The molecular formula is C17H25NO2. The molecule has 0 heterocycles.